The maximum Gasteiger partial charge on any atom is 0.160 e. The normalized spacial score (nSPS) is 26.6. The molecule has 0 amide bonds. The predicted octanol–water partition coefficient (Wildman–Crippen LogP) is 4.04. The Morgan fingerprint density at radius 3 is 2.79 bits per heavy atom. The number of rotatable bonds is 4. The first-order valence-corrected chi connectivity index (χ1v) is 11.3. The summed E-state index contributed by atoms with van der Waals surface area (Å²) >= 11 is 1.80. The summed E-state index contributed by atoms with van der Waals surface area (Å²) in [5.74, 6) is 0.868. The standard InChI is InChI=1S/C22H25FN4OS/c1-2-16-14-29-22-25-20(18-5-3-4-8-24-18)21(27(16)22)15-6-7-19(17(23)13-15)26-9-11-28-12-10-26/h3-8,13,16,20-21H,2,9-12,14H2,1H3/t16-,20-,21-/m1/s1. The molecule has 7 heteroatoms. The van der Waals surface area contributed by atoms with Crippen LogP contribution in [0.1, 0.15) is 36.7 Å². The summed E-state index contributed by atoms with van der Waals surface area (Å²) in [7, 11) is 0. The van der Waals surface area contributed by atoms with E-state index in [2.05, 4.69) is 27.8 Å². The fourth-order valence-corrected chi connectivity index (χ4v) is 5.82. The van der Waals surface area contributed by atoms with Crippen LogP contribution in [0.4, 0.5) is 10.1 Å². The first kappa shape index (κ1) is 18.9. The van der Waals surface area contributed by atoms with Crippen molar-refractivity contribution >= 4 is 22.6 Å². The Labute approximate surface area is 175 Å². The van der Waals surface area contributed by atoms with Gasteiger partial charge in [0.1, 0.15) is 11.9 Å². The van der Waals surface area contributed by atoms with Gasteiger partial charge in [0.25, 0.3) is 0 Å². The summed E-state index contributed by atoms with van der Waals surface area (Å²) in [4.78, 5) is 14.0. The van der Waals surface area contributed by atoms with E-state index < -0.39 is 0 Å². The number of amidine groups is 1. The van der Waals surface area contributed by atoms with Gasteiger partial charge < -0.3 is 14.5 Å². The quantitative estimate of drug-likeness (QED) is 0.758. The van der Waals surface area contributed by atoms with E-state index in [-0.39, 0.29) is 17.9 Å². The minimum absolute atomic E-state index is 0.0203. The number of aliphatic imine (C=N–C) groups is 1. The van der Waals surface area contributed by atoms with Crippen LogP contribution in [-0.2, 0) is 4.74 Å². The molecule has 0 spiro atoms. The molecule has 0 saturated carbocycles. The van der Waals surface area contributed by atoms with Crippen LogP contribution >= 0.6 is 11.8 Å². The second-order valence-electron chi connectivity index (χ2n) is 7.65. The maximum atomic E-state index is 15.2. The van der Waals surface area contributed by atoms with E-state index in [0.717, 1.165) is 41.7 Å². The number of benzene rings is 1. The molecular formula is C22H25FN4OS. The molecule has 4 heterocycles. The summed E-state index contributed by atoms with van der Waals surface area (Å²) in [6, 6.07) is 11.9. The molecule has 29 heavy (non-hydrogen) atoms. The van der Waals surface area contributed by atoms with Gasteiger partial charge in [-0.3, -0.25) is 9.98 Å². The second kappa shape index (κ2) is 7.95. The maximum absolute atomic E-state index is 15.2. The molecule has 2 fully saturated rings. The van der Waals surface area contributed by atoms with Crippen molar-refractivity contribution < 1.29 is 9.13 Å². The van der Waals surface area contributed by atoms with Gasteiger partial charge in [0, 0.05) is 31.1 Å². The molecule has 1 aromatic carbocycles. The third kappa shape index (κ3) is 3.40. The Morgan fingerprint density at radius 1 is 1.21 bits per heavy atom. The molecule has 1 aromatic heterocycles. The van der Waals surface area contributed by atoms with Gasteiger partial charge in [-0.05, 0) is 36.2 Å². The van der Waals surface area contributed by atoms with Gasteiger partial charge in [-0.15, -0.1) is 0 Å². The second-order valence-corrected chi connectivity index (χ2v) is 8.63. The van der Waals surface area contributed by atoms with E-state index >= 15 is 4.39 Å². The third-order valence-corrected chi connectivity index (χ3v) is 7.12. The van der Waals surface area contributed by atoms with E-state index in [1.807, 2.05) is 30.5 Å². The number of aromatic nitrogens is 1. The molecule has 0 unspecified atom stereocenters. The van der Waals surface area contributed by atoms with Gasteiger partial charge in [0.2, 0.25) is 0 Å². The average molecular weight is 413 g/mol. The molecule has 2 aromatic rings. The SMILES string of the molecule is CC[C@@H]1CSC2=N[C@H](c3ccccn3)[C@@H](c3ccc(N4CCOCC4)c(F)c3)N21. The molecule has 0 radical (unpaired) electrons. The van der Waals surface area contributed by atoms with Crippen LogP contribution in [0.5, 0.6) is 0 Å². The first-order chi connectivity index (χ1) is 14.3. The van der Waals surface area contributed by atoms with Gasteiger partial charge in [0.05, 0.1) is 30.6 Å². The van der Waals surface area contributed by atoms with Crippen LogP contribution in [0, 0.1) is 5.82 Å². The monoisotopic (exact) mass is 412 g/mol. The van der Waals surface area contributed by atoms with Gasteiger partial charge in [-0.2, -0.15) is 0 Å². The number of ether oxygens (including phenoxy) is 1. The Bertz CT molecular complexity index is 903. The molecule has 0 N–H and O–H groups in total. The van der Waals surface area contributed by atoms with Crippen molar-refractivity contribution in [2.75, 3.05) is 37.0 Å². The predicted molar refractivity (Wildman–Crippen MR) is 115 cm³/mol. The zero-order chi connectivity index (χ0) is 19.8. The zero-order valence-electron chi connectivity index (χ0n) is 16.5. The lowest BCUT2D eigenvalue weighted by Gasteiger charge is -2.33. The fourth-order valence-electron chi connectivity index (χ4n) is 4.48. The first-order valence-electron chi connectivity index (χ1n) is 10.3. The Balaban J connectivity index is 1.52. The highest BCUT2D eigenvalue weighted by molar-refractivity contribution is 8.14. The molecule has 3 atom stereocenters. The van der Waals surface area contributed by atoms with Crippen molar-refractivity contribution in [3.8, 4) is 0 Å². The Hall–Kier alpha value is -2.12. The third-order valence-electron chi connectivity index (χ3n) is 5.99. The molecule has 5 rings (SSSR count). The lowest BCUT2D eigenvalue weighted by molar-refractivity contribution is 0.122. The van der Waals surface area contributed by atoms with Crippen LogP contribution in [0.15, 0.2) is 47.6 Å². The molecule has 3 aliphatic heterocycles. The fraction of sp³-hybridized carbons (Fsp3) is 0.455. The van der Waals surface area contributed by atoms with E-state index in [4.69, 9.17) is 9.73 Å². The molecule has 0 aliphatic carbocycles. The van der Waals surface area contributed by atoms with Gasteiger partial charge in [-0.25, -0.2) is 4.39 Å². The molecule has 2 saturated heterocycles. The zero-order valence-corrected chi connectivity index (χ0v) is 17.3. The topological polar surface area (TPSA) is 41.0 Å². The van der Waals surface area contributed by atoms with Crippen molar-refractivity contribution in [3.63, 3.8) is 0 Å². The highest BCUT2D eigenvalue weighted by Crippen LogP contribution is 2.48. The number of morpholine rings is 1. The number of hydrogen-bond acceptors (Lipinski definition) is 6. The number of hydrogen-bond donors (Lipinski definition) is 0. The lowest BCUT2D eigenvalue weighted by Crippen LogP contribution is -2.37. The van der Waals surface area contributed by atoms with E-state index in [1.54, 1.807) is 17.8 Å². The van der Waals surface area contributed by atoms with Gasteiger partial charge in [0.15, 0.2) is 5.17 Å². The van der Waals surface area contributed by atoms with E-state index in [1.165, 1.54) is 0 Å². The minimum Gasteiger partial charge on any atom is -0.378 e. The summed E-state index contributed by atoms with van der Waals surface area (Å²) < 4.78 is 20.6. The van der Waals surface area contributed by atoms with Crippen molar-refractivity contribution in [1.29, 1.82) is 0 Å². The van der Waals surface area contributed by atoms with Crippen molar-refractivity contribution in [2.45, 2.75) is 31.5 Å². The smallest absolute Gasteiger partial charge is 0.160 e. The number of thioether (sulfide) groups is 1. The Kier molecular flexibility index (Phi) is 5.18. The number of pyridine rings is 1. The van der Waals surface area contributed by atoms with Crippen LogP contribution in [0.3, 0.4) is 0 Å². The van der Waals surface area contributed by atoms with Crippen LogP contribution < -0.4 is 4.90 Å². The lowest BCUT2D eigenvalue weighted by atomic mass is 9.94. The highest BCUT2D eigenvalue weighted by Gasteiger charge is 2.45. The number of anilines is 1. The summed E-state index contributed by atoms with van der Waals surface area (Å²) in [6.45, 7) is 4.95. The summed E-state index contributed by atoms with van der Waals surface area (Å²) in [6.07, 6.45) is 2.86. The molecule has 152 valence electrons. The van der Waals surface area contributed by atoms with Gasteiger partial charge >= 0.3 is 0 Å². The number of nitrogens with zero attached hydrogens (tertiary/aromatic N) is 4. The van der Waals surface area contributed by atoms with Crippen molar-refractivity contribution in [3.05, 3.63) is 59.7 Å². The number of fused-ring (bicyclic) bond motifs is 1. The number of halogens is 1. The Morgan fingerprint density at radius 2 is 2.07 bits per heavy atom. The minimum atomic E-state index is -0.169. The van der Waals surface area contributed by atoms with Crippen LogP contribution in [0.2, 0.25) is 0 Å². The molecular weight excluding hydrogens is 387 g/mol. The summed E-state index contributed by atoms with van der Waals surface area (Å²) in [5, 5.41) is 1.06. The average Bonchev–Trinajstić information content (AvgIpc) is 3.34. The van der Waals surface area contributed by atoms with Crippen LogP contribution in [-0.4, -0.2) is 53.1 Å². The molecule has 0 bridgehead atoms. The van der Waals surface area contributed by atoms with Crippen LogP contribution in [0.25, 0.3) is 0 Å². The largest absolute Gasteiger partial charge is 0.378 e. The highest BCUT2D eigenvalue weighted by atomic mass is 32.2. The van der Waals surface area contributed by atoms with E-state index in [9.17, 15) is 0 Å². The molecule has 3 aliphatic rings. The van der Waals surface area contributed by atoms with Crippen molar-refractivity contribution in [2.24, 2.45) is 4.99 Å². The molecule has 5 nitrogen and oxygen atoms in total. The van der Waals surface area contributed by atoms with Gasteiger partial charge in [-0.1, -0.05) is 30.8 Å². The van der Waals surface area contributed by atoms with E-state index in [0.29, 0.717) is 24.9 Å². The van der Waals surface area contributed by atoms with Crippen molar-refractivity contribution in [1.82, 2.24) is 9.88 Å². The summed E-state index contributed by atoms with van der Waals surface area (Å²) in [5.41, 5.74) is 2.57.